The molecule has 1 N–H and O–H groups in total. The topological polar surface area (TPSA) is 35.9 Å². The van der Waals surface area contributed by atoms with Crippen LogP contribution in [0, 0.1) is 0 Å². The molecule has 1 aliphatic rings. The first-order valence-electron chi connectivity index (χ1n) is 9.99. The highest BCUT2D eigenvalue weighted by Crippen LogP contribution is 2.29. The first-order chi connectivity index (χ1) is 13.1. The zero-order chi connectivity index (χ0) is 19.1. The Morgan fingerprint density at radius 3 is 1.82 bits per heavy atom. The standard InChI is InChI=1S/C23H32N2O2.ClH/c1-19(2)27-18-22(26)17-24-13-15-25(16-14-24)23(20-9-5-3-6-10-20)21-11-7-4-8-12-21;/h3-12,19,22-23,26H,13-18H2,1-2H3;1H/p-1. The predicted molar refractivity (Wildman–Crippen MR) is 110 cm³/mol. The van der Waals surface area contributed by atoms with Crippen molar-refractivity contribution < 1.29 is 22.3 Å². The molecule has 1 saturated heterocycles. The molecule has 1 fully saturated rings. The molecule has 28 heavy (non-hydrogen) atoms. The van der Waals surface area contributed by atoms with Gasteiger partial charge in [-0.1, -0.05) is 60.7 Å². The largest absolute Gasteiger partial charge is 1.00 e. The molecule has 1 unspecified atom stereocenters. The van der Waals surface area contributed by atoms with E-state index in [0.717, 1.165) is 26.2 Å². The van der Waals surface area contributed by atoms with Gasteiger partial charge in [-0.2, -0.15) is 0 Å². The van der Waals surface area contributed by atoms with E-state index in [2.05, 4.69) is 70.5 Å². The summed E-state index contributed by atoms with van der Waals surface area (Å²) < 4.78 is 5.53. The average Bonchev–Trinajstić information content (AvgIpc) is 2.70. The molecule has 2 aromatic carbocycles. The van der Waals surface area contributed by atoms with E-state index < -0.39 is 6.10 Å². The van der Waals surface area contributed by atoms with Crippen LogP contribution in [0.1, 0.15) is 31.0 Å². The zero-order valence-corrected chi connectivity index (χ0v) is 17.6. The van der Waals surface area contributed by atoms with Crippen LogP contribution in [0.25, 0.3) is 0 Å². The van der Waals surface area contributed by atoms with Crippen LogP contribution in [0.15, 0.2) is 60.7 Å². The summed E-state index contributed by atoms with van der Waals surface area (Å²) in [6, 6.07) is 21.8. The van der Waals surface area contributed by atoms with Gasteiger partial charge in [0.2, 0.25) is 0 Å². The van der Waals surface area contributed by atoms with E-state index in [1.54, 1.807) is 0 Å². The number of aliphatic hydroxyl groups is 1. The molecule has 1 aliphatic heterocycles. The van der Waals surface area contributed by atoms with Crippen molar-refractivity contribution in [3.8, 4) is 0 Å². The molecule has 4 nitrogen and oxygen atoms in total. The van der Waals surface area contributed by atoms with Gasteiger partial charge >= 0.3 is 0 Å². The van der Waals surface area contributed by atoms with Crippen molar-refractivity contribution >= 4 is 0 Å². The van der Waals surface area contributed by atoms with Gasteiger partial charge in [0.25, 0.3) is 0 Å². The average molecular weight is 404 g/mol. The fraction of sp³-hybridized carbons (Fsp3) is 0.478. The zero-order valence-electron chi connectivity index (χ0n) is 16.9. The molecule has 0 radical (unpaired) electrons. The minimum absolute atomic E-state index is 0. The molecular weight excluding hydrogens is 372 g/mol. The van der Waals surface area contributed by atoms with E-state index in [0.29, 0.717) is 13.2 Å². The lowest BCUT2D eigenvalue weighted by molar-refractivity contribution is -0.0159. The van der Waals surface area contributed by atoms with Gasteiger partial charge in [-0.05, 0) is 25.0 Å². The van der Waals surface area contributed by atoms with Crippen LogP contribution >= 0.6 is 0 Å². The van der Waals surface area contributed by atoms with Gasteiger partial charge in [-0.15, -0.1) is 0 Å². The van der Waals surface area contributed by atoms with Crippen LogP contribution < -0.4 is 12.4 Å². The Labute approximate surface area is 175 Å². The van der Waals surface area contributed by atoms with Crippen molar-refractivity contribution in [3.63, 3.8) is 0 Å². The normalized spacial score (nSPS) is 16.9. The fourth-order valence-electron chi connectivity index (χ4n) is 3.74. The van der Waals surface area contributed by atoms with Crippen molar-refractivity contribution in [2.45, 2.75) is 32.1 Å². The highest BCUT2D eigenvalue weighted by molar-refractivity contribution is 5.31. The maximum Gasteiger partial charge on any atom is 0.0900 e. The number of ether oxygens (including phenoxy) is 1. The Kier molecular flexibility index (Phi) is 9.42. The molecule has 0 saturated carbocycles. The second kappa shape index (κ2) is 11.5. The number of benzene rings is 2. The lowest BCUT2D eigenvalue weighted by Crippen LogP contribution is -3.00. The lowest BCUT2D eigenvalue weighted by atomic mass is 9.96. The second-order valence-electron chi connectivity index (χ2n) is 7.60. The summed E-state index contributed by atoms with van der Waals surface area (Å²) >= 11 is 0. The number of aliphatic hydroxyl groups excluding tert-OH is 1. The van der Waals surface area contributed by atoms with Gasteiger partial charge in [0.05, 0.1) is 24.9 Å². The summed E-state index contributed by atoms with van der Waals surface area (Å²) in [5.41, 5.74) is 2.67. The van der Waals surface area contributed by atoms with Gasteiger partial charge in [-0.25, -0.2) is 0 Å². The Balaban J connectivity index is 0.00000280. The Morgan fingerprint density at radius 2 is 1.36 bits per heavy atom. The summed E-state index contributed by atoms with van der Waals surface area (Å²) in [5, 5.41) is 10.2. The number of nitrogens with zero attached hydrogens (tertiary/aromatic N) is 2. The van der Waals surface area contributed by atoms with Gasteiger partial charge in [0.1, 0.15) is 0 Å². The van der Waals surface area contributed by atoms with Crippen LogP contribution in [0.2, 0.25) is 0 Å². The van der Waals surface area contributed by atoms with Crippen molar-refractivity contribution in [3.05, 3.63) is 71.8 Å². The highest BCUT2D eigenvalue weighted by atomic mass is 35.5. The molecule has 5 heteroatoms. The summed E-state index contributed by atoms with van der Waals surface area (Å²) in [6.07, 6.45) is -0.257. The van der Waals surface area contributed by atoms with E-state index in [1.165, 1.54) is 11.1 Å². The molecule has 0 aromatic heterocycles. The number of hydrogen-bond acceptors (Lipinski definition) is 4. The van der Waals surface area contributed by atoms with Crippen LogP contribution in [0.4, 0.5) is 0 Å². The molecule has 154 valence electrons. The van der Waals surface area contributed by atoms with Gasteiger partial charge < -0.3 is 22.3 Å². The van der Waals surface area contributed by atoms with Crippen molar-refractivity contribution in [1.82, 2.24) is 9.80 Å². The lowest BCUT2D eigenvalue weighted by Gasteiger charge is -2.40. The monoisotopic (exact) mass is 403 g/mol. The summed E-state index contributed by atoms with van der Waals surface area (Å²) in [4.78, 5) is 4.90. The molecule has 0 bridgehead atoms. The molecule has 1 heterocycles. The van der Waals surface area contributed by atoms with Crippen LogP contribution in [0.3, 0.4) is 0 Å². The first kappa shape index (κ1) is 22.9. The smallest absolute Gasteiger partial charge is 0.0900 e. The first-order valence-corrected chi connectivity index (χ1v) is 9.99. The SMILES string of the molecule is CC(C)OCC(O)CN1CCN(C(c2ccccc2)c2ccccc2)CC1.[Cl-]. The Hall–Kier alpha value is -1.43. The molecule has 0 aliphatic carbocycles. The van der Waals surface area contributed by atoms with E-state index in [4.69, 9.17) is 4.74 Å². The van der Waals surface area contributed by atoms with Gasteiger partial charge in [0, 0.05) is 32.7 Å². The van der Waals surface area contributed by atoms with Gasteiger partial charge in [-0.3, -0.25) is 9.80 Å². The Bertz CT molecular complexity index is 621. The molecule has 1 atom stereocenters. The number of β-amino-alcohol motifs (C(OH)–C–C–N with tert-alkyl or cyclic N) is 1. The summed E-state index contributed by atoms with van der Waals surface area (Å²) in [5.74, 6) is 0. The third-order valence-corrected chi connectivity index (χ3v) is 5.09. The third-order valence-electron chi connectivity index (χ3n) is 5.09. The highest BCUT2D eigenvalue weighted by Gasteiger charge is 2.27. The predicted octanol–water partition coefficient (Wildman–Crippen LogP) is 0.184. The molecule has 3 rings (SSSR count). The Morgan fingerprint density at radius 1 is 0.857 bits per heavy atom. The maximum atomic E-state index is 10.2. The third kappa shape index (κ3) is 6.57. The van der Waals surface area contributed by atoms with Crippen molar-refractivity contribution in [2.24, 2.45) is 0 Å². The second-order valence-corrected chi connectivity index (χ2v) is 7.60. The van der Waals surface area contributed by atoms with E-state index in [1.807, 2.05) is 13.8 Å². The van der Waals surface area contributed by atoms with E-state index >= 15 is 0 Å². The van der Waals surface area contributed by atoms with Crippen LogP contribution in [-0.4, -0.2) is 66.4 Å². The molecular formula is C23H32ClN2O2-. The molecule has 0 spiro atoms. The van der Waals surface area contributed by atoms with Crippen molar-refractivity contribution in [2.75, 3.05) is 39.3 Å². The fourth-order valence-corrected chi connectivity index (χ4v) is 3.74. The number of piperazine rings is 1. The van der Waals surface area contributed by atoms with E-state index in [9.17, 15) is 5.11 Å². The van der Waals surface area contributed by atoms with Crippen LogP contribution in [0.5, 0.6) is 0 Å². The quantitative estimate of drug-likeness (QED) is 0.682. The number of rotatable bonds is 8. The van der Waals surface area contributed by atoms with Gasteiger partial charge in [0.15, 0.2) is 0 Å². The minimum atomic E-state index is -0.419. The number of hydrogen-bond donors (Lipinski definition) is 1. The summed E-state index contributed by atoms with van der Waals surface area (Å²) in [6.45, 7) is 9.01. The maximum absolute atomic E-state index is 10.2. The molecule has 2 aromatic rings. The van der Waals surface area contributed by atoms with Crippen molar-refractivity contribution in [1.29, 1.82) is 0 Å². The van der Waals surface area contributed by atoms with E-state index in [-0.39, 0.29) is 24.6 Å². The minimum Gasteiger partial charge on any atom is -1.00 e. The van der Waals surface area contributed by atoms with Crippen LogP contribution in [-0.2, 0) is 4.74 Å². The molecule has 0 amide bonds. The number of halogens is 1. The summed E-state index contributed by atoms with van der Waals surface area (Å²) in [7, 11) is 0.